The summed E-state index contributed by atoms with van der Waals surface area (Å²) in [7, 11) is 0. The van der Waals surface area contributed by atoms with Gasteiger partial charge in [-0.25, -0.2) is 0 Å². The average Bonchev–Trinajstić information content (AvgIpc) is 2.69. The number of phenolic OH excluding ortho intramolecular Hbond substituents is 1. The number of hydrogen-bond acceptors (Lipinski definition) is 2. The predicted molar refractivity (Wildman–Crippen MR) is 76.1 cm³/mol. The molecule has 0 radical (unpaired) electrons. The Bertz CT molecular complexity index is 569. The molecule has 2 atom stereocenters. The minimum Gasteiger partial charge on any atom is -0.508 e. The Morgan fingerprint density at radius 1 is 1.37 bits per heavy atom. The van der Waals surface area contributed by atoms with E-state index in [1.54, 1.807) is 6.07 Å². The van der Waals surface area contributed by atoms with Crippen molar-refractivity contribution in [2.75, 3.05) is 0 Å². The maximum Gasteiger partial charge on any atom is 0.158 e. The molecule has 3 rings (SSSR count). The lowest BCUT2D eigenvalue weighted by molar-refractivity contribution is -0.116. The van der Waals surface area contributed by atoms with Crippen molar-refractivity contribution in [1.82, 2.24) is 0 Å². The van der Waals surface area contributed by atoms with Crippen LogP contribution in [0.2, 0.25) is 0 Å². The van der Waals surface area contributed by atoms with Crippen LogP contribution in [0.5, 0.6) is 5.75 Å². The maximum atomic E-state index is 12.0. The number of aromatic hydroxyl groups is 1. The van der Waals surface area contributed by atoms with Crippen LogP contribution in [-0.4, -0.2) is 10.9 Å². The molecular weight excluding hydrogens is 236 g/mol. The summed E-state index contributed by atoms with van der Waals surface area (Å²) in [6.45, 7) is 4.17. The summed E-state index contributed by atoms with van der Waals surface area (Å²) in [5, 5.41) is 9.75. The molecule has 0 aromatic heterocycles. The number of allylic oxidation sites excluding steroid dienone is 2. The highest BCUT2D eigenvalue weighted by molar-refractivity contribution is 6.05. The molecule has 0 saturated heterocycles. The van der Waals surface area contributed by atoms with Gasteiger partial charge in [-0.3, -0.25) is 4.79 Å². The molecule has 0 unspecified atom stereocenters. The van der Waals surface area contributed by atoms with Crippen LogP contribution < -0.4 is 0 Å². The minimum absolute atomic E-state index is 0.294. The predicted octanol–water partition coefficient (Wildman–Crippen LogP) is 4.04. The maximum absolute atomic E-state index is 12.0. The first-order chi connectivity index (χ1) is 9.13. The molecular formula is C17H20O2. The van der Waals surface area contributed by atoms with Gasteiger partial charge in [-0.15, -0.1) is 0 Å². The molecule has 19 heavy (non-hydrogen) atoms. The lowest BCUT2D eigenvalue weighted by atomic mass is 9.78. The van der Waals surface area contributed by atoms with E-state index in [2.05, 4.69) is 6.92 Å². The van der Waals surface area contributed by atoms with Crippen LogP contribution in [0.4, 0.5) is 0 Å². The summed E-state index contributed by atoms with van der Waals surface area (Å²) < 4.78 is 0. The second kappa shape index (κ2) is 4.52. The third-order valence-electron chi connectivity index (χ3n) is 4.69. The quantitative estimate of drug-likeness (QED) is 0.867. The van der Waals surface area contributed by atoms with E-state index in [0.29, 0.717) is 29.8 Å². The Labute approximate surface area is 114 Å². The van der Waals surface area contributed by atoms with Crippen molar-refractivity contribution in [3.8, 4) is 5.75 Å². The molecule has 0 heterocycles. The Kier molecular flexibility index (Phi) is 2.96. The fourth-order valence-corrected chi connectivity index (χ4v) is 3.84. The zero-order chi connectivity index (χ0) is 13.6. The minimum atomic E-state index is 0.294. The highest BCUT2D eigenvalue weighted by atomic mass is 16.3. The molecule has 1 N–H and O–H groups in total. The standard InChI is InChI=1S/C17H20O2/c1-3-4-12-13-7-8-16(19)10(2)17(13)14-6-5-11(18)9-15(12)14/h5-6,9,12-13,18H,3-4,7-8H2,1-2H3/t12-,13-/m0/s1. The summed E-state index contributed by atoms with van der Waals surface area (Å²) in [6.07, 6.45) is 3.91. The summed E-state index contributed by atoms with van der Waals surface area (Å²) in [4.78, 5) is 12.0. The number of benzene rings is 1. The van der Waals surface area contributed by atoms with Gasteiger partial charge in [0.1, 0.15) is 5.75 Å². The molecule has 2 aliphatic carbocycles. The van der Waals surface area contributed by atoms with Gasteiger partial charge < -0.3 is 5.11 Å². The smallest absolute Gasteiger partial charge is 0.158 e. The molecule has 1 aromatic carbocycles. The Balaban J connectivity index is 2.19. The topological polar surface area (TPSA) is 37.3 Å². The second-order valence-corrected chi connectivity index (χ2v) is 5.77. The van der Waals surface area contributed by atoms with Gasteiger partial charge in [0.15, 0.2) is 5.78 Å². The number of carbonyl (C=O) groups excluding carboxylic acids is 1. The van der Waals surface area contributed by atoms with Gasteiger partial charge in [-0.1, -0.05) is 19.4 Å². The number of carbonyl (C=O) groups is 1. The van der Waals surface area contributed by atoms with Crippen LogP contribution in [-0.2, 0) is 4.79 Å². The zero-order valence-electron chi connectivity index (χ0n) is 11.6. The van der Waals surface area contributed by atoms with Crippen LogP contribution in [0.3, 0.4) is 0 Å². The summed E-state index contributed by atoms with van der Waals surface area (Å²) in [6, 6.07) is 5.63. The first-order valence-corrected chi connectivity index (χ1v) is 7.20. The van der Waals surface area contributed by atoms with E-state index in [1.807, 2.05) is 19.1 Å². The van der Waals surface area contributed by atoms with Crippen molar-refractivity contribution < 1.29 is 9.90 Å². The van der Waals surface area contributed by atoms with E-state index in [4.69, 9.17) is 0 Å². The van der Waals surface area contributed by atoms with Crippen LogP contribution >= 0.6 is 0 Å². The monoisotopic (exact) mass is 256 g/mol. The van der Waals surface area contributed by atoms with Crippen molar-refractivity contribution in [3.63, 3.8) is 0 Å². The normalized spacial score (nSPS) is 25.5. The second-order valence-electron chi connectivity index (χ2n) is 5.77. The molecule has 0 bridgehead atoms. The van der Waals surface area contributed by atoms with E-state index < -0.39 is 0 Å². The van der Waals surface area contributed by atoms with Crippen molar-refractivity contribution in [2.45, 2.75) is 45.4 Å². The lowest BCUT2D eigenvalue weighted by Gasteiger charge is -2.25. The molecule has 0 fully saturated rings. The Hall–Kier alpha value is -1.57. The van der Waals surface area contributed by atoms with Crippen LogP contribution in [0.15, 0.2) is 23.8 Å². The first-order valence-electron chi connectivity index (χ1n) is 7.20. The van der Waals surface area contributed by atoms with Gasteiger partial charge in [0.2, 0.25) is 0 Å². The third-order valence-corrected chi connectivity index (χ3v) is 4.69. The average molecular weight is 256 g/mol. The molecule has 1 aromatic rings. The molecule has 0 amide bonds. The van der Waals surface area contributed by atoms with Gasteiger partial charge in [0.05, 0.1) is 0 Å². The zero-order valence-corrected chi connectivity index (χ0v) is 11.6. The van der Waals surface area contributed by atoms with E-state index in [9.17, 15) is 9.90 Å². The molecule has 100 valence electrons. The number of ketones is 1. The summed E-state index contributed by atoms with van der Waals surface area (Å²) >= 11 is 0. The number of fused-ring (bicyclic) bond motifs is 3. The van der Waals surface area contributed by atoms with Crippen molar-refractivity contribution >= 4 is 11.4 Å². The first kappa shape index (κ1) is 12.5. The summed E-state index contributed by atoms with van der Waals surface area (Å²) in [5.41, 5.74) is 4.65. The number of Topliss-reactive ketones (excluding diaryl/α,β-unsaturated/α-hetero) is 1. The van der Waals surface area contributed by atoms with Gasteiger partial charge in [0, 0.05) is 6.42 Å². The molecule has 0 spiro atoms. The largest absolute Gasteiger partial charge is 0.508 e. The molecule has 0 saturated carbocycles. The summed E-state index contributed by atoms with van der Waals surface area (Å²) in [5.74, 6) is 1.59. The molecule has 0 aliphatic heterocycles. The third kappa shape index (κ3) is 1.81. The van der Waals surface area contributed by atoms with Crippen LogP contribution in [0.1, 0.15) is 56.6 Å². The molecule has 2 aliphatic rings. The fourth-order valence-electron chi connectivity index (χ4n) is 3.84. The molecule has 2 nitrogen and oxygen atoms in total. The number of phenols is 1. The van der Waals surface area contributed by atoms with Crippen molar-refractivity contribution in [1.29, 1.82) is 0 Å². The van der Waals surface area contributed by atoms with Crippen LogP contribution in [0, 0.1) is 5.92 Å². The Morgan fingerprint density at radius 2 is 2.16 bits per heavy atom. The van der Waals surface area contributed by atoms with E-state index in [0.717, 1.165) is 24.8 Å². The van der Waals surface area contributed by atoms with Gasteiger partial charge in [-0.05, 0) is 66.0 Å². The SMILES string of the molecule is CCC[C@@H]1c2cc(O)ccc2C2=C(C)C(=O)CC[C@H]21. The van der Waals surface area contributed by atoms with Crippen LogP contribution in [0.25, 0.3) is 5.57 Å². The van der Waals surface area contributed by atoms with E-state index in [-0.39, 0.29) is 0 Å². The van der Waals surface area contributed by atoms with Gasteiger partial charge in [-0.2, -0.15) is 0 Å². The lowest BCUT2D eigenvalue weighted by Crippen LogP contribution is -2.17. The highest BCUT2D eigenvalue weighted by Gasteiger charge is 2.40. The van der Waals surface area contributed by atoms with Gasteiger partial charge >= 0.3 is 0 Å². The van der Waals surface area contributed by atoms with E-state index in [1.165, 1.54) is 16.7 Å². The number of rotatable bonds is 2. The Morgan fingerprint density at radius 3 is 2.89 bits per heavy atom. The number of hydrogen-bond donors (Lipinski definition) is 1. The van der Waals surface area contributed by atoms with E-state index >= 15 is 0 Å². The molecule has 2 heteroatoms. The van der Waals surface area contributed by atoms with Crippen molar-refractivity contribution in [3.05, 3.63) is 34.9 Å². The fraction of sp³-hybridized carbons (Fsp3) is 0.471. The highest BCUT2D eigenvalue weighted by Crippen LogP contribution is 2.53. The van der Waals surface area contributed by atoms with Crippen molar-refractivity contribution in [2.24, 2.45) is 5.92 Å². The van der Waals surface area contributed by atoms with Gasteiger partial charge in [0.25, 0.3) is 0 Å².